The topological polar surface area (TPSA) is 29.3 Å². The summed E-state index contributed by atoms with van der Waals surface area (Å²) in [7, 11) is 2.24. The maximum absolute atomic E-state index is 5.75. The smallest absolute Gasteiger partial charge is 0.0396 e. The van der Waals surface area contributed by atoms with Crippen LogP contribution < -0.4 is 10.6 Å². The first-order valence-electron chi connectivity index (χ1n) is 7.71. The second-order valence-electron chi connectivity index (χ2n) is 6.06. The molecular weight excluding hydrogens is 232 g/mol. The summed E-state index contributed by atoms with van der Waals surface area (Å²) in [6.07, 6.45) is 8.06. The van der Waals surface area contributed by atoms with E-state index in [1.165, 1.54) is 55.5 Å². The Morgan fingerprint density at radius 3 is 2.63 bits per heavy atom. The summed E-state index contributed by atoms with van der Waals surface area (Å²) < 4.78 is 0. The van der Waals surface area contributed by atoms with Crippen LogP contribution in [0.2, 0.25) is 0 Å². The van der Waals surface area contributed by atoms with E-state index in [2.05, 4.69) is 37.1 Å². The lowest BCUT2D eigenvalue weighted by molar-refractivity contribution is 0.362. The van der Waals surface area contributed by atoms with Gasteiger partial charge in [0.15, 0.2) is 0 Å². The van der Waals surface area contributed by atoms with Gasteiger partial charge in [0.05, 0.1) is 0 Å². The molecule has 1 aromatic carbocycles. The highest BCUT2D eigenvalue weighted by Crippen LogP contribution is 2.27. The molecular formula is C17H28N2. The summed E-state index contributed by atoms with van der Waals surface area (Å²) in [6.45, 7) is 4.08. The fraction of sp³-hybridized carbons (Fsp3) is 0.647. The zero-order chi connectivity index (χ0) is 13.7. The Morgan fingerprint density at radius 2 is 1.95 bits per heavy atom. The standard InChI is InChI=1S/C17H28N2/c1-14-8-9-17(16(12-14)10-11-18)19(2)13-15-6-4-3-5-7-15/h8-9,12,15H,3-7,10-11,13,18H2,1-2H3. The minimum absolute atomic E-state index is 0.730. The van der Waals surface area contributed by atoms with Gasteiger partial charge in [-0.05, 0) is 50.3 Å². The van der Waals surface area contributed by atoms with E-state index in [4.69, 9.17) is 5.73 Å². The van der Waals surface area contributed by atoms with E-state index in [0.29, 0.717) is 0 Å². The molecule has 2 rings (SSSR count). The number of hydrogen-bond acceptors (Lipinski definition) is 2. The van der Waals surface area contributed by atoms with Gasteiger partial charge >= 0.3 is 0 Å². The van der Waals surface area contributed by atoms with Crippen molar-refractivity contribution < 1.29 is 0 Å². The molecule has 1 aliphatic rings. The first-order valence-corrected chi connectivity index (χ1v) is 7.71. The van der Waals surface area contributed by atoms with Crippen molar-refractivity contribution in [2.45, 2.75) is 45.4 Å². The average Bonchev–Trinajstić information content (AvgIpc) is 2.40. The van der Waals surface area contributed by atoms with E-state index in [1.807, 2.05) is 0 Å². The van der Waals surface area contributed by atoms with Crippen LogP contribution in [0.5, 0.6) is 0 Å². The third-order valence-electron chi connectivity index (χ3n) is 4.32. The van der Waals surface area contributed by atoms with Crippen LogP contribution in [0.3, 0.4) is 0 Å². The first-order chi connectivity index (χ1) is 9.20. The van der Waals surface area contributed by atoms with Crippen molar-refractivity contribution >= 4 is 5.69 Å². The van der Waals surface area contributed by atoms with Crippen molar-refractivity contribution in [2.75, 3.05) is 25.0 Å². The van der Waals surface area contributed by atoms with Crippen molar-refractivity contribution in [3.05, 3.63) is 29.3 Å². The molecule has 2 heteroatoms. The molecule has 19 heavy (non-hydrogen) atoms. The molecule has 1 saturated carbocycles. The maximum Gasteiger partial charge on any atom is 0.0396 e. The molecule has 2 N–H and O–H groups in total. The van der Waals surface area contributed by atoms with E-state index < -0.39 is 0 Å². The zero-order valence-electron chi connectivity index (χ0n) is 12.5. The van der Waals surface area contributed by atoms with Crippen LogP contribution in [0.15, 0.2) is 18.2 Å². The molecule has 106 valence electrons. The highest BCUT2D eigenvalue weighted by Gasteiger charge is 2.16. The number of benzene rings is 1. The van der Waals surface area contributed by atoms with Gasteiger partial charge in [-0.15, -0.1) is 0 Å². The van der Waals surface area contributed by atoms with Gasteiger partial charge in [-0.3, -0.25) is 0 Å². The van der Waals surface area contributed by atoms with Crippen LogP contribution in [0.4, 0.5) is 5.69 Å². The van der Waals surface area contributed by atoms with Gasteiger partial charge in [0, 0.05) is 19.3 Å². The summed E-state index contributed by atoms with van der Waals surface area (Å²) in [4.78, 5) is 2.44. The number of nitrogens with zero attached hydrogens (tertiary/aromatic N) is 1. The number of nitrogens with two attached hydrogens (primary N) is 1. The first kappa shape index (κ1) is 14.4. The minimum Gasteiger partial charge on any atom is -0.374 e. The summed E-state index contributed by atoms with van der Waals surface area (Å²) in [5, 5.41) is 0. The Morgan fingerprint density at radius 1 is 1.21 bits per heavy atom. The Balaban J connectivity index is 2.06. The molecule has 0 bridgehead atoms. The maximum atomic E-state index is 5.75. The summed E-state index contributed by atoms with van der Waals surface area (Å²) in [5.41, 5.74) is 9.86. The van der Waals surface area contributed by atoms with Gasteiger partial charge in [0.2, 0.25) is 0 Å². The molecule has 0 saturated heterocycles. The number of aryl methyl sites for hydroxylation is 1. The predicted octanol–water partition coefficient (Wildman–Crippen LogP) is 3.51. The molecule has 0 aromatic heterocycles. The van der Waals surface area contributed by atoms with E-state index in [9.17, 15) is 0 Å². The van der Waals surface area contributed by atoms with Gasteiger partial charge in [0.1, 0.15) is 0 Å². The quantitative estimate of drug-likeness (QED) is 0.878. The van der Waals surface area contributed by atoms with Gasteiger partial charge in [0.25, 0.3) is 0 Å². The van der Waals surface area contributed by atoms with Crippen molar-refractivity contribution in [3.63, 3.8) is 0 Å². The third-order valence-corrected chi connectivity index (χ3v) is 4.32. The van der Waals surface area contributed by atoms with Crippen molar-refractivity contribution in [1.82, 2.24) is 0 Å². The fourth-order valence-corrected chi connectivity index (χ4v) is 3.30. The second-order valence-corrected chi connectivity index (χ2v) is 6.06. The van der Waals surface area contributed by atoms with E-state index in [1.54, 1.807) is 0 Å². The predicted molar refractivity (Wildman–Crippen MR) is 83.8 cm³/mol. The molecule has 0 radical (unpaired) electrons. The van der Waals surface area contributed by atoms with Crippen molar-refractivity contribution in [1.29, 1.82) is 0 Å². The fourth-order valence-electron chi connectivity index (χ4n) is 3.30. The second kappa shape index (κ2) is 6.95. The van der Waals surface area contributed by atoms with Crippen molar-refractivity contribution in [2.24, 2.45) is 11.7 Å². The highest BCUT2D eigenvalue weighted by atomic mass is 15.1. The lowest BCUT2D eigenvalue weighted by atomic mass is 9.89. The summed E-state index contributed by atoms with van der Waals surface area (Å²) in [5.74, 6) is 0.880. The van der Waals surface area contributed by atoms with Crippen LogP contribution in [-0.4, -0.2) is 20.1 Å². The Labute approximate surface area is 118 Å². The molecule has 0 amide bonds. The summed E-state index contributed by atoms with van der Waals surface area (Å²) in [6, 6.07) is 6.77. The van der Waals surface area contributed by atoms with Crippen LogP contribution >= 0.6 is 0 Å². The monoisotopic (exact) mass is 260 g/mol. The SMILES string of the molecule is Cc1ccc(N(C)CC2CCCCC2)c(CCN)c1. The molecule has 0 spiro atoms. The number of hydrogen-bond donors (Lipinski definition) is 1. The van der Waals surface area contributed by atoms with Crippen LogP contribution in [0, 0.1) is 12.8 Å². The van der Waals surface area contributed by atoms with E-state index >= 15 is 0 Å². The van der Waals surface area contributed by atoms with Gasteiger partial charge < -0.3 is 10.6 Å². The van der Waals surface area contributed by atoms with Gasteiger partial charge in [-0.25, -0.2) is 0 Å². The molecule has 2 nitrogen and oxygen atoms in total. The molecule has 1 fully saturated rings. The van der Waals surface area contributed by atoms with Gasteiger partial charge in [-0.1, -0.05) is 37.0 Å². The highest BCUT2D eigenvalue weighted by molar-refractivity contribution is 5.54. The normalized spacial score (nSPS) is 16.6. The minimum atomic E-state index is 0.730. The number of rotatable bonds is 5. The van der Waals surface area contributed by atoms with Gasteiger partial charge in [-0.2, -0.15) is 0 Å². The van der Waals surface area contributed by atoms with E-state index in [0.717, 1.165) is 18.9 Å². The Hall–Kier alpha value is -1.02. The molecule has 1 aliphatic carbocycles. The molecule has 0 unspecified atom stereocenters. The zero-order valence-corrected chi connectivity index (χ0v) is 12.5. The van der Waals surface area contributed by atoms with Crippen molar-refractivity contribution in [3.8, 4) is 0 Å². The third kappa shape index (κ3) is 3.97. The van der Waals surface area contributed by atoms with E-state index in [-0.39, 0.29) is 0 Å². The van der Waals surface area contributed by atoms with Crippen LogP contribution in [-0.2, 0) is 6.42 Å². The molecule has 0 aliphatic heterocycles. The van der Waals surface area contributed by atoms with Crippen LogP contribution in [0.25, 0.3) is 0 Å². The van der Waals surface area contributed by atoms with Crippen LogP contribution in [0.1, 0.15) is 43.2 Å². The molecule has 0 heterocycles. The molecule has 1 aromatic rings. The summed E-state index contributed by atoms with van der Waals surface area (Å²) >= 11 is 0. The largest absolute Gasteiger partial charge is 0.374 e. The Bertz CT molecular complexity index is 394. The number of anilines is 1. The Kier molecular flexibility index (Phi) is 5.26. The molecule has 0 atom stereocenters. The lowest BCUT2D eigenvalue weighted by Gasteiger charge is -2.30. The average molecular weight is 260 g/mol. The lowest BCUT2D eigenvalue weighted by Crippen LogP contribution is -2.27.